The van der Waals surface area contributed by atoms with Crippen molar-refractivity contribution >= 4 is 17.9 Å². The highest BCUT2D eigenvalue weighted by molar-refractivity contribution is 5.88. The van der Waals surface area contributed by atoms with Crippen LogP contribution in [0.25, 0.3) is 22.3 Å². The first-order valence-electron chi connectivity index (χ1n) is 15.4. The zero-order valence-corrected chi connectivity index (χ0v) is 26.9. The topological polar surface area (TPSA) is 94.1 Å². The number of halogens is 6. The van der Waals surface area contributed by atoms with Gasteiger partial charge in [0.05, 0.1) is 43.6 Å². The summed E-state index contributed by atoms with van der Waals surface area (Å²) in [6.45, 7) is 2.84. The lowest BCUT2D eigenvalue weighted by Gasteiger charge is -2.33. The molecule has 0 aliphatic carbocycles. The van der Waals surface area contributed by atoms with Gasteiger partial charge in [-0.1, -0.05) is 12.1 Å². The number of nitrogens with zero attached hydrogens (tertiary/aromatic N) is 4. The highest BCUT2D eigenvalue weighted by Gasteiger charge is 2.43. The van der Waals surface area contributed by atoms with E-state index in [0.29, 0.717) is 51.6 Å². The van der Waals surface area contributed by atoms with Crippen LogP contribution < -0.4 is 9.64 Å². The lowest BCUT2D eigenvalue weighted by molar-refractivity contribution is -0.143. The van der Waals surface area contributed by atoms with Crippen LogP contribution in [0.2, 0.25) is 0 Å². The molecule has 2 fully saturated rings. The molecule has 0 spiro atoms. The maximum Gasteiger partial charge on any atom is 0.416 e. The molecule has 0 bridgehead atoms. The lowest BCUT2D eigenvalue weighted by atomic mass is 9.96. The summed E-state index contributed by atoms with van der Waals surface area (Å²) in [6, 6.07) is 12.5. The van der Waals surface area contributed by atoms with E-state index in [4.69, 9.17) is 19.2 Å². The standard InChI is InChI=1S/C35H30F6N4O5/c1-19-31(22-13-23(34(36,37)38)16-24(14-22)35(39,40)41)50-33(47)45(19)18-28-25(7-10-30(43-28)44-11-4-12-44)26-15-20(6-9-29(26)48-2)21-5-8-27(42-17-21)32(46)49-3/h5-10,13-17,19,31H,4,11-12,18H2,1-3H3/t19-,31-/m0/s1. The van der Waals surface area contributed by atoms with Crippen molar-refractivity contribution in [3.05, 3.63) is 94.9 Å². The summed E-state index contributed by atoms with van der Waals surface area (Å²) >= 11 is 0. The van der Waals surface area contributed by atoms with Gasteiger partial charge in [0.25, 0.3) is 0 Å². The summed E-state index contributed by atoms with van der Waals surface area (Å²) in [5.74, 6) is 0.513. The van der Waals surface area contributed by atoms with Gasteiger partial charge in [0.1, 0.15) is 23.4 Å². The molecule has 2 saturated heterocycles. The van der Waals surface area contributed by atoms with Gasteiger partial charge in [0, 0.05) is 36.0 Å². The van der Waals surface area contributed by atoms with E-state index in [1.165, 1.54) is 38.3 Å². The van der Waals surface area contributed by atoms with E-state index in [0.717, 1.165) is 19.5 Å². The molecule has 50 heavy (non-hydrogen) atoms. The summed E-state index contributed by atoms with van der Waals surface area (Å²) in [6.07, 6.45) is -10.00. The second-order valence-electron chi connectivity index (χ2n) is 11.9. The smallest absolute Gasteiger partial charge is 0.416 e. The number of esters is 1. The minimum absolute atomic E-state index is 0.0330. The van der Waals surface area contributed by atoms with Gasteiger partial charge in [0.2, 0.25) is 0 Å². The summed E-state index contributed by atoms with van der Waals surface area (Å²) in [4.78, 5) is 37.5. The highest BCUT2D eigenvalue weighted by atomic mass is 19.4. The maximum absolute atomic E-state index is 13.6. The Morgan fingerprint density at radius 1 is 0.900 bits per heavy atom. The number of rotatable bonds is 8. The number of hydrogen-bond donors (Lipinski definition) is 0. The Morgan fingerprint density at radius 2 is 1.58 bits per heavy atom. The number of alkyl halides is 6. The van der Waals surface area contributed by atoms with E-state index < -0.39 is 53.3 Å². The Balaban J connectivity index is 1.38. The lowest BCUT2D eigenvalue weighted by Crippen LogP contribution is -2.38. The first-order valence-corrected chi connectivity index (χ1v) is 15.4. The van der Waals surface area contributed by atoms with Crippen molar-refractivity contribution < 1.29 is 50.1 Å². The monoisotopic (exact) mass is 700 g/mol. The molecule has 2 aliphatic rings. The van der Waals surface area contributed by atoms with E-state index in [2.05, 4.69) is 4.98 Å². The molecule has 0 unspecified atom stereocenters. The van der Waals surface area contributed by atoms with Crippen molar-refractivity contribution in [3.63, 3.8) is 0 Å². The molecule has 2 aliphatic heterocycles. The summed E-state index contributed by atoms with van der Waals surface area (Å²) in [5, 5.41) is 0. The Morgan fingerprint density at radius 3 is 2.14 bits per heavy atom. The molecule has 0 saturated carbocycles. The van der Waals surface area contributed by atoms with Crippen LogP contribution in [0.3, 0.4) is 0 Å². The molecule has 6 rings (SSSR count). The number of amides is 1. The number of benzene rings is 2. The number of cyclic esters (lactones) is 1. The van der Waals surface area contributed by atoms with Crippen LogP contribution in [-0.2, 0) is 28.4 Å². The molecule has 15 heteroatoms. The Labute approximate surface area is 282 Å². The van der Waals surface area contributed by atoms with Crippen LogP contribution >= 0.6 is 0 Å². The fourth-order valence-corrected chi connectivity index (χ4v) is 5.93. The molecule has 0 N–H and O–H groups in total. The number of pyridine rings is 2. The van der Waals surface area contributed by atoms with E-state index in [1.807, 2.05) is 23.1 Å². The van der Waals surface area contributed by atoms with Crippen LogP contribution in [-0.4, -0.2) is 60.3 Å². The van der Waals surface area contributed by atoms with E-state index in [-0.39, 0.29) is 18.3 Å². The van der Waals surface area contributed by atoms with E-state index in [9.17, 15) is 35.9 Å². The number of methoxy groups -OCH3 is 2. The summed E-state index contributed by atoms with van der Waals surface area (Å²) in [5.41, 5.74) is -0.378. The van der Waals surface area contributed by atoms with Gasteiger partial charge in [-0.15, -0.1) is 0 Å². The predicted molar refractivity (Wildman–Crippen MR) is 168 cm³/mol. The highest BCUT2D eigenvalue weighted by Crippen LogP contribution is 2.42. The number of carbonyl (C=O) groups excluding carboxylic acids is 2. The van der Waals surface area contributed by atoms with Gasteiger partial charge in [0.15, 0.2) is 0 Å². The normalized spacial score (nSPS) is 17.7. The quantitative estimate of drug-likeness (QED) is 0.135. The van der Waals surface area contributed by atoms with Crippen molar-refractivity contribution in [1.82, 2.24) is 14.9 Å². The fourth-order valence-electron chi connectivity index (χ4n) is 5.93. The van der Waals surface area contributed by atoms with Crippen LogP contribution in [0.4, 0.5) is 37.0 Å². The van der Waals surface area contributed by atoms with Gasteiger partial charge in [-0.2, -0.15) is 26.3 Å². The number of hydrogen-bond acceptors (Lipinski definition) is 8. The SMILES string of the molecule is COC(=O)c1ccc(-c2ccc(OC)c(-c3ccc(N4CCC4)nc3CN3C(=O)O[C@H](c4cc(C(F)(F)F)cc(C(F)(F)F)c4)[C@@H]3C)c2)cn1. The average molecular weight is 701 g/mol. The van der Waals surface area contributed by atoms with Crippen molar-refractivity contribution in [2.45, 2.75) is 44.4 Å². The molecule has 2 aromatic heterocycles. The molecule has 262 valence electrons. The third-order valence-corrected chi connectivity index (χ3v) is 8.77. The van der Waals surface area contributed by atoms with Crippen molar-refractivity contribution in [2.24, 2.45) is 0 Å². The third-order valence-electron chi connectivity index (χ3n) is 8.77. The van der Waals surface area contributed by atoms with E-state index in [1.54, 1.807) is 18.2 Å². The van der Waals surface area contributed by atoms with Gasteiger partial charge in [-0.25, -0.2) is 19.6 Å². The third kappa shape index (κ3) is 6.76. The van der Waals surface area contributed by atoms with Crippen LogP contribution in [0.5, 0.6) is 5.75 Å². The molecule has 4 aromatic rings. The Hall–Kier alpha value is -5.34. The van der Waals surface area contributed by atoms with Crippen molar-refractivity contribution in [1.29, 1.82) is 0 Å². The number of aromatic nitrogens is 2. The zero-order valence-electron chi connectivity index (χ0n) is 26.9. The van der Waals surface area contributed by atoms with E-state index >= 15 is 0 Å². The summed E-state index contributed by atoms with van der Waals surface area (Å²) in [7, 11) is 2.74. The number of carbonyl (C=O) groups is 2. The molecular formula is C35H30F6N4O5. The van der Waals surface area contributed by atoms with Gasteiger partial charge >= 0.3 is 24.4 Å². The van der Waals surface area contributed by atoms with Crippen LogP contribution in [0.15, 0.2) is 66.9 Å². The minimum atomic E-state index is -5.06. The molecular weight excluding hydrogens is 670 g/mol. The second kappa shape index (κ2) is 13.2. The molecule has 9 nitrogen and oxygen atoms in total. The predicted octanol–water partition coefficient (Wildman–Crippen LogP) is 7.94. The van der Waals surface area contributed by atoms with Gasteiger partial charge < -0.3 is 19.1 Å². The first-order chi connectivity index (χ1) is 23.7. The maximum atomic E-state index is 13.6. The largest absolute Gasteiger partial charge is 0.496 e. The van der Waals surface area contributed by atoms with Crippen molar-refractivity contribution in [2.75, 3.05) is 32.2 Å². The summed E-state index contributed by atoms with van der Waals surface area (Å²) < 4.78 is 97.7. The zero-order chi connectivity index (χ0) is 36.0. The minimum Gasteiger partial charge on any atom is -0.496 e. The molecule has 1 amide bonds. The molecule has 2 atom stereocenters. The second-order valence-corrected chi connectivity index (χ2v) is 11.9. The molecule has 4 heterocycles. The average Bonchev–Trinajstić information content (AvgIpc) is 3.34. The fraction of sp³-hybridized carbons (Fsp3) is 0.314. The van der Waals surface area contributed by atoms with Crippen LogP contribution in [0.1, 0.15) is 52.3 Å². The number of anilines is 1. The number of ether oxygens (including phenoxy) is 3. The van der Waals surface area contributed by atoms with Gasteiger partial charge in [-0.3, -0.25) is 4.90 Å². The van der Waals surface area contributed by atoms with Crippen LogP contribution in [0, 0.1) is 0 Å². The van der Waals surface area contributed by atoms with Crippen molar-refractivity contribution in [3.8, 4) is 28.0 Å². The molecule has 2 aromatic carbocycles. The first kappa shape index (κ1) is 34.5. The Bertz CT molecular complexity index is 1900. The van der Waals surface area contributed by atoms with Gasteiger partial charge in [-0.05, 0) is 73.0 Å². The molecule has 0 radical (unpaired) electrons. The Kier molecular flexibility index (Phi) is 9.10.